The molecule has 1 amide bonds. The second-order valence-corrected chi connectivity index (χ2v) is 8.13. The first-order valence-electron chi connectivity index (χ1n) is 10.4. The molecule has 0 saturated carbocycles. The normalized spacial score (nSPS) is 17.5. The first-order chi connectivity index (χ1) is 15.6. The van der Waals surface area contributed by atoms with E-state index in [0.29, 0.717) is 18.8 Å². The van der Waals surface area contributed by atoms with E-state index < -0.39 is 5.41 Å². The highest BCUT2D eigenvalue weighted by molar-refractivity contribution is 5.94. The Morgan fingerprint density at radius 2 is 2.09 bits per heavy atom. The second-order valence-electron chi connectivity index (χ2n) is 8.13. The third-order valence-corrected chi connectivity index (χ3v) is 5.76. The Bertz CT molecular complexity index is 1360. The maximum Gasteiger partial charge on any atom is 0.251 e. The predicted molar refractivity (Wildman–Crippen MR) is 119 cm³/mol. The number of amides is 1. The number of carbonyl (C=O) groups excluding carboxylic acids is 1. The van der Waals surface area contributed by atoms with Gasteiger partial charge in [0, 0.05) is 23.3 Å². The zero-order valence-corrected chi connectivity index (χ0v) is 17.6. The van der Waals surface area contributed by atoms with Crippen molar-refractivity contribution >= 4 is 16.8 Å². The number of rotatable bonds is 4. The van der Waals surface area contributed by atoms with Gasteiger partial charge in [-0.2, -0.15) is 10.4 Å². The number of fused-ring (bicyclic) bond motifs is 2. The Labute approximate surface area is 185 Å². The highest BCUT2D eigenvalue weighted by Gasteiger charge is 2.33. The Hall–Kier alpha value is -4.02. The molecule has 32 heavy (non-hydrogen) atoms. The fourth-order valence-electron chi connectivity index (χ4n) is 3.93. The van der Waals surface area contributed by atoms with Crippen LogP contribution in [0.4, 0.5) is 0 Å². The van der Waals surface area contributed by atoms with Crippen LogP contribution in [0.25, 0.3) is 16.6 Å². The molecule has 4 aromatic rings. The van der Waals surface area contributed by atoms with Crippen molar-refractivity contribution in [3.05, 3.63) is 89.4 Å². The monoisotopic (exact) mass is 423 g/mol. The van der Waals surface area contributed by atoms with Crippen LogP contribution in [0, 0.1) is 11.3 Å². The zero-order valence-electron chi connectivity index (χ0n) is 17.6. The van der Waals surface area contributed by atoms with Crippen molar-refractivity contribution in [1.29, 1.82) is 5.26 Å². The van der Waals surface area contributed by atoms with E-state index in [2.05, 4.69) is 21.5 Å². The van der Waals surface area contributed by atoms with Gasteiger partial charge in [-0.3, -0.25) is 9.78 Å². The Morgan fingerprint density at radius 1 is 1.25 bits per heavy atom. The number of nitriles is 1. The average Bonchev–Trinajstić information content (AvgIpc) is 3.27. The minimum Gasteiger partial charge on any atom is -0.375 e. The first kappa shape index (κ1) is 19.9. The van der Waals surface area contributed by atoms with E-state index in [0.717, 1.165) is 33.4 Å². The lowest BCUT2D eigenvalue weighted by Gasteiger charge is -2.30. The van der Waals surface area contributed by atoms with E-state index in [-0.39, 0.29) is 12.5 Å². The van der Waals surface area contributed by atoms with Crippen molar-refractivity contribution in [2.75, 3.05) is 6.61 Å². The van der Waals surface area contributed by atoms with Gasteiger partial charge in [0.2, 0.25) is 0 Å². The summed E-state index contributed by atoms with van der Waals surface area (Å²) in [5.74, 6) is -0.212. The molecule has 0 unspecified atom stereocenters. The summed E-state index contributed by atoms with van der Waals surface area (Å²) in [5.41, 5.74) is 4.06. The fourth-order valence-corrected chi connectivity index (χ4v) is 3.93. The molecule has 5 rings (SSSR count). The number of pyridine rings is 1. The van der Waals surface area contributed by atoms with E-state index in [1.807, 2.05) is 60.3 Å². The summed E-state index contributed by atoms with van der Waals surface area (Å²) >= 11 is 0. The molecule has 1 atom stereocenters. The molecule has 0 aliphatic carbocycles. The number of hydrogen-bond donors (Lipinski definition) is 1. The van der Waals surface area contributed by atoms with Crippen LogP contribution in [0.2, 0.25) is 0 Å². The van der Waals surface area contributed by atoms with Crippen LogP contribution in [0.15, 0.2) is 67.0 Å². The quantitative estimate of drug-likeness (QED) is 0.541. The van der Waals surface area contributed by atoms with Gasteiger partial charge in [0.1, 0.15) is 5.41 Å². The van der Waals surface area contributed by atoms with Crippen LogP contribution >= 0.6 is 0 Å². The molecule has 7 heteroatoms. The summed E-state index contributed by atoms with van der Waals surface area (Å²) in [6.45, 7) is 2.89. The summed E-state index contributed by atoms with van der Waals surface area (Å²) < 4.78 is 7.35. The fraction of sp³-hybridized carbons (Fsp3) is 0.200. The van der Waals surface area contributed by atoms with Gasteiger partial charge in [-0.15, -0.1) is 0 Å². The molecule has 0 bridgehead atoms. The Kier molecular flexibility index (Phi) is 4.92. The molecule has 0 fully saturated rings. The highest BCUT2D eigenvalue weighted by atomic mass is 16.5. The van der Waals surface area contributed by atoms with E-state index in [9.17, 15) is 10.1 Å². The number of hydrogen-bond acceptors (Lipinski definition) is 5. The summed E-state index contributed by atoms with van der Waals surface area (Å²) in [6.07, 6.45) is 3.70. The molecule has 1 N–H and O–H groups in total. The second kappa shape index (κ2) is 7.91. The first-order valence-corrected chi connectivity index (χ1v) is 10.4. The average molecular weight is 423 g/mol. The predicted octanol–water partition coefficient (Wildman–Crippen LogP) is 3.66. The van der Waals surface area contributed by atoms with Crippen LogP contribution in [-0.2, 0) is 23.3 Å². The number of aromatic nitrogens is 3. The lowest BCUT2D eigenvalue weighted by atomic mass is 9.79. The molecule has 2 aromatic carbocycles. The highest BCUT2D eigenvalue weighted by Crippen LogP contribution is 2.32. The van der Waals surface area contributed by atoms with Crippen molar-refractivity contribution in [3.63, 3.8) is 0 Å². The lowest BCUT2D eigenvalue weighted by molar-refractivity contribution is 0.0757. The van der Waals surface area contributed by atoms with E-state index >= 15 is 0 Å². The van der Waals surface area contributed by atoms with Gasteiger partial charge in [0.25, 0.3) is 5.91 Å². The minimum absolute atomic E-state index is 0.212. The van der Waals surface area contributed by atoms with E-state index in [4.69, 9.17) is 4.74 Å². The van der Waals surface area contributed by atoms with Crippen LogP contribution in [0.3, 0.4) is 0 Å². The molecule has 1 aliphatic heterocycles. The summed E-state index contributed by atoms with van der Waals surface area (Å²) in [4.78, 5) is 17.2. The molecular formula is C25H21N5O2. The van der Waals surface area contributed by atoms with Gasteiger partial charge < -0.3 is 10.1 Å². The van der Waals surface area contributed by atoms with Crippen LogP contribution in [0.1, 0.15) is 34.1 Å². The molecule has 0 spiro atoms. The standard InChI is InChI=1S/C25H21N5O2/c1-25(15-26)16-32-14-18-8-7-17(9-22(18)25)24(31)28-12-20-10-23-19(11-27-20)13-30(29-23)21-5-3-2-4-6-21/h2-11,13H,12,14,16H2,1H3,(H,28,31)/t25-/m1/s1. The number of nitrogens with zero attached hydrogens (tertiary/aromatic N) is 4. The van der Waals surface area contributed by atoms with Gasteiger partial charge >= 0.3 is 0 Å². The molecule has 158 valence electrons. The summed E-state index contributed by atoms with van der Waals surface area (Å²) in [6, 6.07) is 19.5. The maximum absolute atomic E-state index is 12.8. The maximum atomic E-state index is 12.8. The zero-order chi connectivity index (χ0) is 22.1. The van der Waals surface area contributed by atoms with Crippen molar-refractivity contribution in [1.82, 2.24) is 20.1 Å². The molecule has 0 radical (unpaired) electrons. The van der Waals surface area contributed by atoms with Crippen molar-refractivity contribution < 1.29 is 9.53 Å². The molecular weight excluding hydrogens is 402 g/mol. The SMILES string of the molecule is C[C@@]1(C#N)COCc2ccc(C(=O)NCc3cc4nn(-c5ccccc5)cc4cn3)cc21. The Morgan fingerprint density at radius 3 is 2.91 bits per heavy atom. The molecule has 0 saturated heterocycles. The van der Waals surface area contributed by atoms with Crippen LogP contribution in [0.5, 0.6) is 0 Å². The lowest BCUT2D eigenvalue weighted by Crippen LogP contribution is -2.33. The number of carbonyl (C=O) groups is 1. The molecule has 3 heterocycles. The van der Waals surface area contributed by atoms with Gasteiger partial charge in [0.15, 0.2) is 0 Å². The van der Waals surface area contributed by atoms with Crippen molar-refractivity contribution in [3.8, 4) is 11.8 Å². The third-order valence-electron chi connectivity index (χ3n) is 5.76. The van der Waals surface area contributed by atoms with E-state index in [1.54, 1.807) is 18.3 Å². The van der Waals surface area contributed by atoms with Crippen LogP contribution < -0.4 is 5.32 Å². The Balaban J connectivity index is 1.33. The van der Waals surface area contributed by atoms with Gasteiger partial charge in [-0.05, 0) is 48.4 Å². The largest absolute Gasteiger partial charge is 0.375 e. The third kappa shape index (κ3) is 3.61. The number of nitrogens with one attached hydrogen (secondary N) is 1. The molecule has 1 aliphatic rings. The van der Waals surface area contributed by atoms with Gasteiger partial charge in [-0.25, -0.2) is 4.68 Å². The van der Waals surface area contributed by atoms with Crippen molar-refractivity contribution in [2.45, 2.75) is 25.5 Å². The molecule has 7 nitrogen and oxygen atoms in total. The van der Waals surface area contributed by atoms with Crippen LogP contribution in [-0.4, -0.2) is 27.3 Å². The summed E-state index contributed by atoms with van der Waals surface area (Å²) in [7, 11) is 0. The van der Waals surface area contributed by atoms with Gasteiger partial charge in [-0.1, -0.05) is 24.3 Å². The number of benzene rings is 2. The number of para-hydroxylation sites is 1. The summed E-state index contributed by atoms with van der Waals surface area (Å²) in [5, 5.41) is 18.1. The van der Waals surface area contributed by atoms with E-state index in [1.165, 1.54) is 0 Å². The van der Waals surface area contributed by atoms with Crippen molar-refractivity contribution in [2.24, 2.45) is 0 Å². The van der Waals surface area contributed by atoms with Gasteiger partial charge in [0.05, 0.1) is 42.7 Å². The number of ether oxygens (including phenoxy) is 1. The topological polar surface area (TPSA) is 92.8 Å². The molecule has 2 aromatic heterocycles. The minimum atomic E-state index is -0.756. The smallest absolute Gasteiger partial charge is 0.251 e.